The predicted octanol–water partition coefficient (Wildman–Crippen LogP) is 5.11. The van der Waals surface area contributed by atoms with Gasteiger partial charge in [-0.05, 0) is 47.2 Å². The topological polar surface area (TPSA) is 87.1 Å². The molecule has 1 aliphatic heterocycles. The molecule has 6 nitrogen and oxygen atoms in total. The molecule has 2 aromatic carbocycles. The molecule has 1 fully saturated rings. The molecule has 1 atom stereocenters. The largest absolute Gasteiger partial charge is 0.508 e. The molecule has 1 aromatic heterocycles. The minimum atomic E-state index is -0.834. The highest BCUT2D eigenvalue weighted by molar-refractivity contribution is 7.09. The summed E-state index contributed by atoms with van der Waals surface area (Å²) in [6.07, 6.45) is 0. The number of aliphatic hydroxyl groups excluding tert-OH is 1. The molecule has 7 heteroatoms. The van der Waals surface area contributed by atoms with E-state index in [4.69, 9.17) is 4.74 Å². The number of phenols is 1. The quantitative estimate of drug-likeness (QED) is 0.289. The van der Waals surface area contributed by atoms with E-state index >= 15 is 0 Å². The highest BCUT2D eigenvalue weighted by Gasteiger charge is 2.46. The molecular formula is C26H25NO5S. The van der Waals surface area contributed by atoms with E-state index in [0.29, 0.717) is 29.4 Å². The van der Waals surface area contributed by atoms with Gasteiger partial charge in [0.25, 0.3) is 11.7 Å². The van der Waals surface area contributed by atoms with Gasteiger partial charge < -0.3 is 19.8 Å². The molecule has 2 heterocycles. The molecular weight excluding hydrogens is 438 g/mol. The van der Waals surface area contributed by atoms with Crippen LogP contribution >= 0.6 is 11.3 Å². The average Bonchev–Trinajstić information content (AvgIpc) is 3.40. The molecule has 0 bridgehead atoms. The molecule has 3 aromatic rings. The lowest BCUT2D eigenvalue weighted by molar-refractivity contribution is -0.140. The number of amides is 1. The molecule has 170 valence electrons. The Hall–Kier alpha value is -3.58. The number of ether oxygens (including phenoxy) is 1. The van der Waals surface area contributed by atoms with Crippen LogP contribution in [0.2, 0.25) is 0 Å². The molecule has 1 saturated heterocycles. The third-order valence-electron chi connectivity index (χ3n) is 5.32. The lowest BCUT2D eigenvalue weighted by atomic mass is 9.95. The molecule has 1 unspecified atom stereocenters. The van der Waals surface area contributed by atoms with Crippen molar-refractivity contribution in [1.82, 2.24) is 4.90 Å². The maximum atomic E-state index is 13.1. The fourth-order valence-corrected chi connectivity index (χ4v) is 4.51. The van der Waals surface area contributed by atoms with Gasteiger partial charge >= 0.3 is 0 Å². The molecule has 0 aliphatic carbocycles. The van der Waals surface area contributed by atoms with Crippen LogP contribution in [0.15, 0.2) is 71.6 Å². The summed E-state index contributed by atoms with van der Waals surface area (Å²) in [5.41, 5.74) is 0.915. The first kappa shape index (κ1) is 22.6. The molecule has 2 N–H and O–H groups in total. The van der Waals surface area contributed by atoms with Crippen molar-refractivity contribution in [2.75, 3.05) is 6.61 Å². The first-order valence-corrected chi connectivity index (χ1v) is 11.6. The number of benzene rings is 2. The van der Waals surface area contributed by atoms with Crippen LogP contribution in [-0.2, 0) is 16.1 Å². The van der Waals surface area contributed by atoms with Crippen LogP contribution in [0.5, 0.6) is 11.5 Å². The number of hydrogen-bond donors (Lipinski definition) is 2. The summed E-state index contributed by atoms with van der Waals surface area (Å²) in [6, 6.07) is 16.2. The first-order chi connectivity index (χ1) is 15.8. The van der Waals surface area contributed by atoms with Crippen LogP contribution in [0.3, 0.4) is 0 Å². The molecule has 4 rings (SSSR count). The van der Waals surface area contributed by atoms with Crippen molar-refractivity contribution < 1.29 is 24.5 Å². The smallest absolute Gasteiger partial charge is 0.295 e. The van der Waals surface area contributed by atoms with E-state index < -0.39 is 17.7 Å². The minimum absolute atomic E-state index is 0.0110. The zero-order valence-corrected chi connectivity index (χ0v) is 19.2. The third kappa shape index (κ3) is 4.78. The Labute approximate surface area is 196 Å². The van der Waals surface area contributed by atoms with Crippen LogP contribution < -0.4 is 4.74 Å². The van der Waals surface area contributed by atoms with E-state index in [2.05, 4.69) is 0 Å². The number of carbonyl (C=O) groups excluding carboxylic acids is 2. The number of Topliss-reactive ketones (excluding diaryl/α,β-unsaturated/α-hetero) is 1. The van der Waals surface area contributed by atoms with Gasteiger partial charge in [-0.15, -0.1) is 11.3 Å². The van der Waals surface area contributed by atoms with Crippen LogP contribution in [0, 0.1) is 5.92 Å². The van der Waals surface area contributed by atoms with Gasteiger partial charge in [0.05, 0.1) is 24.8 Å². The number of ketones is 1. The van der Waals surface area contributed by atoms with Crippen LogP contribution in [0.4, 0.5) is 0 Å². The van der Waals surface area contributed by atoms with Gasteiger partial charge in [-0.25, -0.2) is 0 Å². The first-order valence-electron chi connectivity index (χ1n) is 10.7. The van der Waals surface area contributed by atoms with E-state index in [1.165, 1.54) is 28.4 Å². The molecule has 1 amide bonds. The van der Waals surface area contributed by atoms with Gasteiger partial charge in [0, 0.05) is 10.4 Å². The van der Waals surface area contributed by atoms with Crippen molar-refractivity contribution in [3.63, 3.8) is 0 Å². The van der Waals surface area contributed by atoms with Crippen molar-refractivity contribution in [2.24, 2.45) is 5.92 Å². The normalized spacial score (nSPS) is 17.7. The van der Waals surface area contributed by atoms with Crippen LogP contribution in [0.1, 0.15) is 35.9 Å². The zero-order chi connectivity index (χ0) is 23.5. The van der Waals surface area contributed by atoms with E-state index in [-0.39, 0.29) is 23.6 Å². The number of rotatable bonds is 7. The summed E-state index contributed by atoms with van der Waals surface area (Å²) >= 11 is 1.48. The van der Waals surface area contributed by atoms with Gasteiger partial charge in [0.1, 0.15) is 17.3 Å². The molecule has 0 spiro atoms. The number of aliphatic hydroxyl groups is 1. The second-order valence-corrected chi connectivity index (χ2v) is 9.37. The van der Waals surface area contributed by atoms with Gasteiger partial charge in [-0.2, -0.15) is 0 Å². The fourth-order valence-electron chi connectivity index (χ4n) is 3.81. The average molecular weight is 464 g/mol. The molecule has 1 aliphatic rings. The Bertz CT molecular complexity index is 1200. The molecule has 0 radical (unpaired) electrons. The molecule has 33 heavy (non-hydrogen) atoms. The molecule has 0 saturated carbocycles. The Balaban J connectivity index is 1.80. The number of aromatic hydroxyl groups is 1. The van der Waals surface area contributed by atoms with E-state index in [0.717, 1.165) is 4.88 Å². The Morgan fingerprint density at radius 1 is 1.09 bits per heavy atom. The van der Waals surface area contributed by atoms with Crippen molar-refractivity contribution in [3.05, 3.63) is 87.6 Å². The second-order valence-electron chi connectivity index (χ2n) is 8.33. The van der Waals surface area contributed by atoms with E-state index in [1.807, 2.05) is 31.4 Å². The van der Waals surface area contributed by atoms with E-state index in [9.17, 15) is 19.8 Å². The number of hydrogen-bond acceptors (Lipinski definition) is 6. The van der Waals surface area contributed by atoms with Crippen molar-refractivity contribution >= 4 is 28.8 Å². The zero-order valence-electron chi connectivity index (χ0n) is 18.4. The number of thiophene rings is 1. The summed E-state index contributed by atoms with van der Waals surface area (Å²) in [4.78, 5) is 28.5. The number of nitrogens with zero attached hydrogens (tertiary/aromatic N) is 1. The maximum absolute atomic E-state index is 13.1. The number of phenolic OH excluding ortho intramolecular Hbond substituents is 1. The summed E-state index contributed by atoms with van der Waals surface area (Å²) in [5.74, 6) is -0.815. The lowest BCUT2D eigenvalue weighted by Crippen LogP contribution is -2.28. The highest BCUT2D eigenvalue weighted by atomic mass is 32.1. The van der Waals surface area contributed by atoms with Gasteiger partial charge in [-0.3, -0.25) is 9.59 Å². The summed E-state index contributed by atoms with van der Waals surface area (Å²) in [7, 11) is 0. The third-order valence-corrected chi connectivity index (χ3v) is 6.18. The van der Waals surface area contributed by atoms with Crippen molar-refractivity contribution in [3.8, 4) is 11.5 Å². The SMILES string of the molecule is CC(C)COc1cccc(/C(O)=C2/C(=O)C(=O)N(Cc3cccs3)C2c2cccc(O)c2)c1. The second kappa shape index (κ2) is 9.50. The standard InChI is InChI=1S/C26H25NO5S/c1-16(2)15-32-20-9-4-7-18(13-20)24(29)22-23(17-6-3-8-19(28)12-17)27(26(31)25(22)30)14-21-10-5-11-33-21/h3-13,16,23,28-29H,14-15H2,1-2H3/b24-22-. The highest BCUT2D eigenvalue weighted by Crippen LogP contribution is 2.41. The summed E-state index contributed by atoms with van der Waals surface area (Å²) in [5, 5.41) is 23.2. The Morgan fingerprint density at radius 3 is 2.58 bits per heavy atom. The van der Waals surface area contributed by atoms with Crippen LogP contribution in [-0.4, -0.2) is 33.4 Å². The Morgan fingerprint density at radius 2 is 1.88 bits per heavy atom. The monoisotopic (exact) mass is 463 g/mol. The van der Waals surface area contributed by atoms with Gasteiger partial charge in [-0.1, -0.05) is 44.2 Å². The van der Waals surface area contributed by atoms with Crippen molar-refractivity contribution in [1.29, 1.82) is 0 Å². The summed E-state index contributed by atoms with van der Waals surface area (Å²) < 4.78 is 5.76. The number of likely N-dealkylation sites (tertiary alicyclic amines) is 1. The van der Waals surface area contributed by atoms with Gasteiger partial charge in [0.2, 0.25) is 0 Å². The van der Waals surface area contributed by atoms with Crippen LogP contribution in [0.25, 0.3) is 5.76 Å². The minimum Gasteiger partial charge on any atom is -0.508 e. The predicted molar refractivity (Wildman–Crippen MR) is 127 cm³/mol. The lowest BCUT2D eigenvalue weighted by Gasteiger charge is -2.25. The Kier molecular flexibility index (Phi) is 6.51. The summed E-state index contributed by atoms with van der Waals surface area (Å²) in [6.45, 7) is 4.80. The fraction of sp³-hybridized carbons (Fsp3) is 0.231. The van der Waals surface area contributed by atoms with Crippen molar-refractivity contribution in [2.45, 2.75) is 26.4 Å². The number of carbonyl (C=O) groups is 2. The van der Waals surface area contributed by atoms with Gasteiger partial charge in [0.15, 0.2) is 0 Å². The maximum Gasteiger partial charge on any atom is 0.295 e. The van der Waals surface area contributed by atoms with E-state index in [1.54, 1.807) is 36.4 Å².